The molecule has 8 nitrogen and oxygen atoms in total. The van der Waals surface area contributed by atoms with Crippen LogP contribution in [0, 0.1) is 0 Å². The first kappa shape index (κ1) is 24.9. The van der Waals surface area contributed by atoms with Crippen molar-refractivity contribution in [2.75, 3.05) is 49.6 Å². The molecule has 0 unspecified atom stereocenters. The molecule has 0 spiro atoms. The van der Waals surface area contributed by atoms with E-state index in [1.807, 2.05) is 18.7 Å². The molecule has 0 bridgehead atoms. The van der Waals surface area contributed by atoms with E-state index in [2.05, 4.69) is 10.1 Å². The molecule has 3 rings (SSSR count). The van der Waals surface area contributed by atoms with Crippen LogP contribution in [0.25, 0.3) is 0 Å². The highest BCUT2D eigenvalue weighted by Gasteiger charge is 2.28. The van der Waals surface area contributed by atoms with Gasteiger partial charge in [-0.25, -0.2) is 8.42 Å². The van der Waals surface area contributed by atoms with Crippen molar-refractivity contribution in [2.24, 2.45) is 0 Å². The molecule has 0 saturated carbocycles. The maximum absolute atomic E-state index is 13.1. The number of hydrogen-bond acceptors (Lipinski definition) is 6. The Kier molecular flexibility index (Phi) is 8.22. The van der Waals surface area contributed by atoms with Gasteiger partial charge in [-0.3, -0.25) is 4.79 Å². The fourth-order valence-electron chi connectivity index (χ4n) is 3.59. The minimum Gasteiger partial charge on any atom is -0.434 e. The van der Waals surface area contributed by atoms with Gasteiger partial charge < -0.3 is 19.7 Å². The van der Waals surface area contributed by atoms with Crippen molar-refractivity contribution in [1.29, 1.82) is 0 Å². The van der Waals surface area contributed by atoms with Crippen LogP contribution in [0.1, 0.15) is 24.2 Å². The molecular formula is C22H27F2N3O5S. The quantitative estimate of drug-likeness (QED) is 0.588. The first-order chi connectivity index (χ1) is 15.8. The summed E-state index contributed by atoms with van der Waals surface area (Å²) in [6, 6.07) is 10.2. The Morgan fingerprint density at radius 2 is 1.82 bits per heavy atom. The molecule has 0 radical (unpaired) electrons. The van der Waals surface area contributed by atoms with E-state index in [-0.39, 0.29) is 35.0 Å². The van der Waals surface area contributed by atoms with E-state index in [9.17, 15) is 22.0 Å². The Hall–Kier alpha value is -2.76. The van der Waals surface area contributed by atoms with Gasteiger partial charge in [0.2, 0.25) is 10.0 Å². The number of amides is 1. The van der Waals surface area contributed by atoms with Gasteiger partial charge in [0.25, 0.3) is 5.91 Å². The van der Waals surface area contributed by atoms with Crippen molar-refractivity contribution in [2.45, 2.75) is 25.4 Å². The average Bonchev–Trinajstić information content (AvgIpc) is 2.81. The topological polar surface area (TPSA) is 88.2 Å². The number of rotatable bonds is 9. The van der Waals surface area contributed by atoms with Gasteiger partial charge in [-0.1, -0.05) is 12.1 Å². The molecule has 33 heavy (non-hydrogen) atoms. The van der Waals surface area contributed by atoms with Crippen molar-refractivity contribution < 1.29 is 31.5 Å². The lowest BCUT2D eigenvalue weighted by molar-refractivity contribution is -0.0501. The summed E-state index contributed by atoms with van der Waals surface area (Å²) in [5.41, 5.74) is 0.774. The maximum atomic E-state index is 13.1. The van der Waals surface area contributed by atoms with Crippen LogP contribution in [-0.2, 0) is 14.8 Å². The van der Waals surface area contributed by atoms with Gasteiger partial charge in [-0.05, 0) is 44.2 Å². The molecule has 1 heterocycles. The van der Waals surface area contributed by atoms with E-state index < -0.39 is 22.5 Å². The normalized spacial score (nSPS) is 14.8. The number of para-hydroxylation sites is 1. The molecule has 11 heteroatoms. The van der Waals surface area contributed by atoms with E-state index >= 15 is 0 Å². The fraction of sp³-hybridized carbons (Fsp3) is 0.409. The summed E-state index contributed by atoms with van der Waals surface area (Å²) >= 11 is 0. The second-order valence-electron chi connectivity index (χ2n) is 7.20. The van der Waals surface area contributed by atoms with Gasteiger partial charge in [-0.2, -0.15) is 13.1 Å². The summed E-state index contributed by atoms with van der Waals surface area (Å²) in [6.07, 6.45) is 0. The summed E-state index contributed by atoms with van der Waals surface area (Å²) in [4.78, 5) is 15.0. The first-order valence-electron chi connectivity index (χ1n) is 10.6. The smallest absolute Gasteiger partial charge is 0.387 e. The van der Waals surface area contributed by atoms with E-state index in [0.717, 1.165) is 0 Å². The summed E-state index contributed by atoms with van der Waals surface area (Å²) in [5.74, 6) is -0.966. The van der Waals surface area contributed by atoms with Gasteiger partial charge in [0, 0.05) is 26.2 Å². The number of benzene rings is 2. The van der Waals surface area contributed by atoms with Gasteiger partial charge in [0.15, 0.2) is 0 Å². The third-order valence-corrected chi connectivity index (χ3v) is 7.17. The highest BCUT2D eigenvalue weighted by molar-refractivity contribution is 7.89. The van der Waals surface area contributed by atoms with Crippen LogP contribution in [0.15, 0.2) is 47.4 Å². The maximum Gasteiger partial charge on any atom is 0.387 e. The molecular weight excluding hydrogens is 456 g/mol. The molecule has 0 atom stereocenters. The zero-order valence-electron chi connectivity index (χ0n) is 18.5. The highest BCUT2D eigenvalue weighted by atomic mass is 32.2. The molecule has 2 aromatic carbocycles. The van der Waals surface area contributed by atoms with Crippen LogP contribution in [-0.4, -0.2) is 64.6 Å². The molecule has 1 N–H and O–H groups in total. The minimum absolute atomic E-state index is 0.0210. The van der Waals surface area contributed by atoms with Crippen molar-refractivity contribution in [3.8, 4) is 5.75 Å². The molecule has 0 aromatic heterocycles. The third kappa shape index (κ3) is 5.79. The molecule has 1 fully saturated rings. The summed E-state index contributed by atoms with van der Waals surface area (Å²) < 4.78 is 62.8. The van der Waals surface area contributed by atoms with Crippen LogP contribution in [0.3, 0.4) is 0 Å². The number of alkyl halides is 2. The lowest BCUT2D eigenvalue weighted by Gasteiger charge is -2.28. The number of ether oxygens (including phenoxy) is 2. The van der Waals surface area contributed by atoms with Crippen LogP contribution in [0.4, 0.5) is 20.2 Å². The van der Waals surface area contributed by atoms with Gasteiger partial charge in [-0.15, -0.1) is 0 Å². The molecule has 0 aliphatic carbocycles. The lowest BCUT2D eigenvalue weighted by Crippen LogP contribution is -2.40. The van der Waals surface area contributed by atoms with Crippen molar-refractivity contribution in [1.82, 2.24) is 4.31 Å². The predicted molar refractivity (Wildman–Crippen MR) is 121 cm³/mol. The molecule has 2 aromatic rings. The fourth-order valence-corrected chi connectivity index (χ4v) is 5.03. The number of sulfonamides is 1. The van der Waals surface area contributed by atoms with E-state index in [0.29, 0.717) is 32.0 Å². The summed E-state index contributed by atoms with van der Waals surface area (Å²) in [7, 11) is -3.81. The number of nitrogens with one attached hydrogen (secondary N) is 1. The number of carbonyl (C=O) groups is 1. The Bertz CT molecular complexity index is 1070. The standard InChI is InChI=1S/C22H27F2N3O5S/c1-3-26(4-2)19-10-9-16(33(29,30)27-11-13-31-14-12-27)15-18(19)25-21(28)17-7-5-6-8-20(17)32-22(23)24/h5-10,15,22H,3-4,11-14H2,1-2H3,(H,25,28). The summed E-state index contributed by atoms with van der Waals surface area (Å²) in [6.45, 7) is 3.08. The van der Waals surface area contributed by atoms with Gasteiger partial charge in [0.1, 0.15) is 5.75 Å². The highest BCUT2D eigenvalue weighted by Crippen LogP contribution is 2.32. The Labute approximate surface area is 192 Å². The second-order valence-corrected chi connectivity index (χ2v) is 9.13. The van der Waals surface area contributed by atoms with E-state index in [1.165, 1.54) is 40.7 Å². The van der Waals surface area contributed by atoms with Crippen molar-refractivity contribution >= 4 is 27.3 Å². The van der Waals surface area contributed by atoms with Crippen molar-refractivity contribution in [3.63, 3.8) is 0 Å². The number of morpholine rings is 1. The monoisotopic (exact) mass is 483 g/mol. The first-order valence-corrected chi connectivity index (χ1v) is 12.0. The number of hydrogen-bond donors (Lipinski definition) is 1. The predicted octanol–water partition coefficient (Wildman–Crippen LogP) is 3.41. The van der Waals surface area contributed by atoms with Crippen molar-refractivity contribution in [3.05, 3.63) is 48.0 Å². The van der Waals surface area contributed by atoms with Gasteiger partial charge >= 0.3 is 6.61 Å². The van der Waals surface area contributed by atoms with E-state index in [4.69, 9.17) is 4.74 Å². The van der Waals surface area contributed by atoms with Crippen LogP contribution >= 0.6 is 0 Å². The molecule has 1 aliphatic heterocycles. The molecule has 1 saturated heterocycles. The number of halogens is 2. The average molecular weight is 484 g/mol. The largest absolute Gasteiger partial charge is 0.434 e. The number of carbonyl (C=O) groups excluding carboxylic acids is 1. The third-order valence-electron chi connectivity index (χ3n) is 5.28. The van der Waals surface area contributed by atoms with Crippen LogP contribution in [0.5, 0.6) is 5.75 Å². The van der Waals surface area contributed by atoms with Gasteiger partial charge in [0.05, 0.1) is 35.0 Å². The summed E-state index contributed by atoms with van der Waals surface area (Å²) in [5, 5.41) is 2.69. The number of nitrogens with zero attached hydrogens (tertiary/aromatic N) is 2. The molecule has 1 amide bonds. The zero-order chi connectivity index (χ0) is 24.0. The van der Waals surface area contributed by atoms with E-state index in [1.54, 1.807) is 6.07 Å². The Balaban J connectivity index is 2.00. The Morgan fingerprint density at radius 3 is 2.45 bits per heavy atom. The Morgan fingerprint density at radius 1 is 1.15 bits per heavy atom. The minimum atomic E-state index is -3.81. The lowest BCUT2D eigenvalue weighted by atomic mass is 10.1. The zero-order valence-corrected chi connectivity index (χ0v) is 19.3. The van der Waals surface area contributed by atoms with Crippen LogP contribution < -0.4 is 15.0 Å². The number of anilines is 2. The van der Waals surface area contributed by atoms with Crippen LogP contribution in [0.2, 0.25) is 0 Å². The molecule has 180 valence electrons. The SMILES string of the molecule is CCN(CC)c1ccc(S(=O)(=O)N2CCOCC2)cc1NC(=O)c1ccccc1OC(F)F. The molecule has 1 aliphatic rings. The second kappa shape index (κ2) is 10.9.